The monoisotopic (exact) mass is 326 g/mol. The van der Waals surface area contributed by atoms with Gasteiger partial charge in [-0.25, -0.2) is 0 Å². The van der Waals surface area contributed by atoms with Crippen molar-refractivity contribution >= 4 is 11.6 Å². The van der Waals surface area contributed by atoms with Crippen LogP contribution in [0.25, 0.3) is 0 Å². The van der Waals surface area contributed by atoms with Crippen LogP contribution in [0.15, 0.2) is 24.3 Å². The van der Waals surface area contributed by atoms with E-state index in [0.29, 0.717) is 11.4 Å². The molecule has 4 atom stereocenters. The fourth-order valence-electron chi connectivity index (χ4n) is 2.25. The topological polar surface area (TPSA) is 123 Å². The van der Waals surface area contributed by atoms with Crippen molar-refractivity contribution in [2.45, 2.75) is 31.0 Å². The van der Waals surface area contributed by atoms with E-state index in [-0.39, 0.29) is 25.5 Å². The summed E-state index contributed by atoms with van der Waals surface area (Å²) in [4.78, 5) is 11.3. The number of likely N-dealkylation sites (N-methyl/N-ethyl adjacent to an activating group) is 1. The number of anilines is 1. The van der Waals surface area contributed by atoms with Gasteiger partial charge in [-0.2, -0.15) is 0 Å². The van der Waals surface area contributed by atoms with Crippen molar-refractivity contribution in [3.05, 3.63) is 24.3 Å². The van der Waals surface area contributed by atoms with Crippen LogP contribution in [-0.4, -0.2) is 61.0 Å². The minimum Gasteiger partial charge on any atom is -0.465 e. The first-order valence-electron chi connectivity index (χ1n) is 7.32. The molecule has 5 N–H and O–H groups in total. The summed E-state index contributed by atoms with van der Waals surface area (Å²) < 4.78 is 16.6. The molecule has 8 nitrogen and oxygen atoms in total. The van der Waals surface area contributed by atoms with Crippen LogP contribution in [0.3, 0.4) is 0 Å². The van der Waals surface area contributed by atoms with Gasteiger partial charge in [-0.15, -0.1) is 0 Å². The largest absolute Gasteiger partial charge is 0.465 e. The summed E-state index contributed by atoms with van der Waals surface area (Å²) in [7, 11) is 1.50. The molecule has 0 aromatic heterocycles. The molecule has 0 spiro atoms. The number of benzene rings is 1. The number of aliphatic hydroxyl groups is 2. The molecule has 1 aromatic rings. The van der Waals surface area contributed by atoms with Crippen LogP contribution >= 0.6 is 0 Å². The highest BCUT2D eigenvalue weighted by Gasteiger charge is 2.39. The molecule has 1 aromatic carbocycles. The van der Waals surface area contributed by atoms with Crippen LogP contribution in [0.2, 0.25) is 0 Å². The van der Waals surface area contributed by atoms with Gasteiger partial charge in [0, 0.05) is 19.2 Å². The van der Waals surface area contributed by atoms with E-state index >= 15 is 0 Å². The third kappa shape index (κ3) is 4.80. The lowest BCUT2D eigenvalue weighted by molar-refractivity contribution is -0.238. The minimum atomic E-state index is -1.05. The summed E-state index contributed by atoms with van der Waals surface area (Å²) in [6.45, 7) is -0.576. The Morgan fingerprint density at radius 2 is 2.13 bits per heavy atom. The van der Waals surface area contributed by atoms with Crippen LogP contribution in [0.1, 0.15) is 6.42 Å². The number of rotatable bonds is 6. The Morgan fingerprint density at radius 1 is 1.43 bits per heavy atom. The fraction of sp³-hybridized carbons (Fsp3) is 0.533. The molecule has 23 heavy (non-hydrogen) atoms. The summed E-state index contributed by atoms with van der Waals surface area (Å²) in [5.74, 6) is 0.238. The maximum atomic E-state index is 11.3. The van der Waals surface area contributed by atoms with Crippen LogP contribution in [0.4, 0.5) is 5.69 Å². The molecule has 1 aliphatic rings. The first-order chi connectivity index (χ1) is 11.0. The lowest BCUT2D eigenvalue weighted by atomic mass is 10.0. The van der Waals surface area contributed by atoms with Crippen LogP contribution < -0.4 is 15.8 Å². The zero-order valence-electron chi connectivity index (χ0n) is 12.8. The molecule has 1 fully saturated rings. The van der Waals surface area contributed by atoms with E-state index in [4.69, 9.17) is 19.9 Å². The van der Waals surface area contributed by atoms with Crippen LogP contribution in [0, 0.1) is 0 Å². The number of carbonyl (C=O) groups is 1. The molecule has 1 saturated heterocycles. The normalized spacial score (nSPS) is 27.4. The second-order valence-corrected chi connectivity index (χ2v) is 5.22. The van der Waals surface area contributed by atoms with E-state index in [9.17, 15) is 15.0 Å². The van der Waals surface area contributed by atoms with E-state index in [1.165, 1.54) is 7.05 Å². The number of nitrogens with one attached hydrogen (secondary N) is 1. The number of hydrogen-bond acceptors (Lipinski definition) is 7. The molecule has 0 saturated carbocycles. The maximum absolute atomic E-state index is 11.3. The predicted molar refractivity (Wildman–Crippen MR) is 81.7 cm³/mol. The van der Waals surface area contributed by atoms with E-state index in [0.717, 1.165) is 0 Å². The highest BCUT2D eigenvalue weighted by Crippen LogP contribution is 2.25. The third-order valence-corrected chi connectivity index (χ3v) is 3.55. The number of hydrogen-bond donors (Lipinski definition) is 4. The number of nitrogens with two attached hydrogens (primary N) is 1. The van der Waals surface area contributed by atoms with Gasteiger partial charge in [0.05, 0.1) is 12.7 Å². The molecule has 8 heteroatoms. The summed E-state index contributed by atoms with van der Waals surface area (Å²) in [5, 5.41) is 21.9. The van der Waals surface area contributed by atoms with E-state index < -0.39 is 24.6 Å². The Balaban J connectivity index is 1.99. The smallest absolute Gasteiger partial charge is 0.245 e. The highest BCUT2D eigenvalue weighted by molar-refractivity contribution is 5.76. The van der Waals surface area contributed by atoms with Crippen molar-refractivity contribution in [1.29, 1.82) is 0 Å². The molecular weight excluding hydrogens is 304 g/mol. The summed E-state index contributed by atoms with van der Waals surface area (Å²) in [5.41, 5.74) is 6.22. The number of amides is 1. The van der Waals surface area contributed by atoms with Gasteiger partial charge in [-0.05, 0) is 24.3 Å². The molecule has 0 bridgehead atoms. The van der Waals surface area contributed by atoms with Crippen molar-refractivity contribution in [3.63, 3.8) is 0 Å². The molecule has 1 amide bonds. The molecule has 0 aliphatic carbocycles. The van der Waals surface area contributed by atoms with Crippen molar-refractivity contribution < 1.29 is 29.2 Å². The zero-order chi connectivity index (χ0) is 16.8. The zero-order valence-corrected chi connectivity index (χ0v) is 12.8. The Kier molecular flexibility index (Phi) is 6.17. The van der Waals surface area contributed by atoms with Gasteiger partial charge in [0.15, 0.2) is 0 Å². The number of nitrogen functional groups attached to an aromatic ring is 1. The van der Waals surface area contributed by atoms with Crippen molar-refractivity contribution in [2.24, 2.45) is 0 Å². The molecule has 1 heterocycles. The molecule has 1 unspecified atom stereocenters. The molecular formula is C15H22N2O6. The minimum absolute atomic E-state index is 0.190. The van der Waals surface area contributed by atoms with Gasteiger partial charge in [-0.3, -0.25) is 4.79 Å². The second-order valence-electron chi connectivity index (χ2n) is 5.22. The fourth-order valence-corrected chi connectivity index (χ4v) is 2.25. The number of carbonyl (C=O) groups excluding carboxylic acids is 1. The average molecular weight is 326 g/mol. The van der Waals surface area contributed by atoms with E-state index in [1.54, 1.807) is 24.3 Å². The first-order valence-corrected chi connectivity index (χ1v) is 7.32. The standard InChI is InChI=1S/C15H22N2O6/c1-17-13(19)8-21-11-6-14(23-12(7-18)15(11)20)22-10-4-2-9(16)3-5-10/h2-5,11-12,14-15,18,20H,6-8,16H2,1H3,(H,17,19)/t11-,12-,14?,15-/m1/s1. The highest BCUT2D eigenvalue weighted by atomic mass is 16.7. The lowest BCUT2D eigenvalue weighted by Gasteiger charge is -2.38. The van der Waals surface area contributed by atoms with Gasteiger partial charge in [0.25, 0.3) is 0 Å². The van der Waals surface area contributed by atoms with Crippen LogP contribution in [0.5, 0.6) is 5.75 Å². The first kappa shape index (κ1) is 17.5. The Hall–Kier alpha value is -1.87. The van der Waals surface area contributed by atoms with Gasteiger partial charge in [0.2, 0.25) is 12.2 Å². The molecule has 128 valence electrons. The maximum Gasteiger partial charge on any atom is 0.245 e. The van der Waals surface area contributed by atoms with Crippen molar-refractivity contribution in [2.75, 3.05) is 26.0 Å². The average Bonchev–Trinajstić information content (AvgIpc) is 2.56. The van der Waals surface area contributed by atoms with Gasteiger partial charge in [-0.1, -0.05) is 0 Å². The number of ether oxygens (including phenoxy) is 3. The van der Waals surface area contributed by atoms with E-state index in [1.807, 2.05) is 0 Å². The Bertz CT molecular complexity index is 509. The quantitative estimate of drug-likeness (QED) is 0.507. The summed E-state index contributed by atoms with van der Waals surface area (Å²) in [6, 6.07) is 6.77. The SMILES string of the molecule is CNC(=O)CO[C@@H]1CC(Oc2ccc(N)cc2)O[C@H](CO)[C@@H]1O. The third-order valence-electron chi connectivity index (χ3n) is 3.55. The van der Waals surface area contributed by atoms with Gasteiger partial charge >= 0.3 is 0 Å². The summed E-state index contributed by atoms with van der Waals surface area (Å²) >= 11 is 0. The van der Waals surface area contributed by atoms with Crippen molar-refractivity contribution in [1.82, 2.24) is 5.32 Å². The Labute approximate surface area is 134 Å². The predicted octanol–water partition coefficient (Wildman–Crippen LogP) is -0.753. The Morgan fingerprint density at radius 3 is 2.74 bits per heavy atom. The second kappa shape index (κ2) is 8.11. The number of aliphatic hydroxyl groups excluding tert-OH is 2. The lowest BCUT2D eigenvalue weighted by Crippen LogP contribution is -2.52. The van der Waals surface area contributed by atoms with Gasteiger partial charge < -0.3 is 35.5 Å². The van der Waals surface area contributed by atoms with Crippen molar-refractivity contribution in [3.8, 4) is 5.75 Å². The van der Waals surface area contributed by atoms with E-state index in [2.05, 4.69) is 5.32 Å². The molecule has 1 aliphatic heterocycles. The molecule has 0 radical (unpaired) electrons. The summed E-state index contributed by atoms with van der Waals surface area (Å²) in [6.07, 6.45) is -3.07. The van der Waals surface area contributed by atoms with Gasteiger partial charge in [0.1, 0.15) is 24.6 Å². The molecule has 2 rings (SSSR count). The van der Waals surface area contributed by atoms with Crippen LogP contribution in [-0.2, 0) is 14.3 Å².